The van der Waals surface area contributed by atoms with Crippen molar-refractivity contribution < 1.29 is 18.7 Å². The zero-order chi connectivity index (χ0) is 16.1. The van der Waals surface area contributed by atoms with E-state index in [1.54, 1.807) is 44.2 Å². The SMILES string of the molecule is C=Cc1ccc(C(=O)Nc2nc(C(=O)OCC)c(C)o2)cc1. The zero-order valence-electron chi connectivity index (χ0n) is 12.4. The van der Waals surface area contributed by atoms with Gasteiger partial charge in [-0.2, -0.15) is 4.98 Å². The second kappa shape index (κ2) is 6.71. The average Bonchev–Trinajstić information content (AvgIpc) is 2.88. The first-order valence-electron chi connectivity index (χ1n) is 6.73. The number of hydrogen-bond acceptors (Lipinski definition) is 5. The molecule has 22 heavy (non-hydrogen) atoms. The summed E-state index contributed by atoms with van der Waals surface area (Å²) >= 11 is 0. The van der Waals surface area contributed by atoms with Crippen LogP contribution in [-0.4, -0.2) is 23.5 Å². The molecular weight excluding hydrogens is 284 g/mol. The third-order valence-electron chi connectivity index (χ3n) is 2.89. The highest BCUT2D eigenvalue weighted by Gasteiger charge is 2.19. The van der Waals surface area contributed by atoms with Crippen LogP contribution in [0.5, 0.6) is 0 Å². The Balaban J connectivity index is 2.12. The van der Waals surface area contributed by atoms with Crippen LogP contribution in [-0.2, 0) is 4.74 Å². The first-order valence-corrected chi connectivity index (χ1v) is 6.73. The van der Waals surface area contributed by atoms with Crippen molar-refractivity contribution in [3.63, 3.8) is 0 Å². The second-order valence-corrected chi connectivity index (χ2v) is 4.42. The summed E-state index contributed by atoms with van der Waals surface area (Å²) in [5, 5.41) is 2.50. The van der Waals surface area contributed by atoms with E-state index in [9.17, 15) is 9.59 Å². The molecule has 0 saturated heterocycles. The number of rotatable bonds is 5. The van der Waals surface area contributed by atoms with Gasteiger partial charge in [0.15, 0.2) is 5.69 Å². The Labute approximate surface area is 127 Å². The van der Waals surface area contributed by atoms with E-state index < -0.39 is 5.97 Å². The summed E-state index contributed by atoms with van der Waals surface area (Å²) < 4.78 is 10.1. The predicted octanol–water partition coefficient (Wildman–Crippen LogP) is 3.06. The van der Waals surface area contributed by atoms with Gasteiger partial charge < -0.3 is 9.15 Å². The van der Waals surface area contributed by atoms with E-state index in [-0.39, 0.29) is 30.0 Å². The highest BCUT2D eigenvalue weighted by molar-refractivity contribution is 6.03. The molecule has 2 aromatic rings. The number of hydrogen-bond donors (Lipinski definition) is 1. The summed E-state index contributed by atoms with van der Waals surface area (Å²) in [6.45, 7) is 7.16. The zero-order valence-corrected chi connectivity index (χ0v) is 12.4. The molecule has 0 fully saturated rings. The van der Waals surface area contributed by atoms with E-state index in [4.69, 9.17) is 9.15 Å². The normalized spacial score (nSPS) is 10.1. The van der Waals surface area contributed by atoms with E-state index >= 15 is 0 Å². The molecule has 0 aliphatic heterocycles. The van der Waals surface area contributed by atoms with Gasteiger partial charge in [-0.15, -0.1) is 0 Å². The quantitative estimate of drug-likeness (QED) is 0.858. The topological polar surface area (TPSA) is 81.4 Å². The van der Waals surface area contributed by atoms with Gasteiger partial charge in [0.1, 0.15) is 5.76 Å². The number of esters is 1. The number of carbonyl (C=O) groups is 2. The Hall–Kier alpha value is -2.89. The van der Waals surface area contributed by atoms with Crippen molar-refractivity contribution in [1.29, 1.82) is 0 Å². The van der Waals surface area contributed by atoms with Crippen molar-refractivity contribution in [3.05, 3.63) is 53.4 Å². The summed E-state index contributed by atoms with van der Waals surface area (Å²) in [6, 6.07) is 6.82. The van der Waals surface area contributed by atoms with Gasteiger partial charge in [-0.25, -0.2) is 4.79 Å². The lowest BCUT2D eigenvalue weighted by atomic mass is 10.1. The Bertz CT molecular complexity index is 701. The van der Waals surface area contributed by atoms with Crippen molar-refractivity contribution in [3.8, 4) is 0 Å². The largest absolute Gasteiger partial charge is 0.461 e. The summed E-state index contributed by atoms with van der Waals surface area (Å²) in [5.41, 5.74) is 1.41. The van der Waals surface area contributed by atoms with E-state index in [0.29, 0.717) is 5.56 Å². The van der Waals surface area contributed by atoms with Crippen molar-refractivity contribution in [2.75, 3.05) is 11.9 Å². The Kier molecular flexibility index (Phi) is 4.73. The maximum Gasteiger partial charge on any atom is 0.360 e. The minimum Gasteiger partial charge on any atom is -0.461 e. The van der Waals surface area contributed by atoms with Crippen LogP contribution in [0.25, 0.3) is 6.08 Å². The molecule has 6 nitrogen and oxygen atoms in total. The molecule has 6 heteroatoms. The number of aromatic nitrogens is 1. The number of ether oxygens (including phenoxy) is 1. The Morgan fingerprint density at radius 3 is 2.64 bits per heavy atom. The van der Waals surface area contributed by atoms with Crippen LogP contribution >= 0.6 is 0 Å². The monoisotopic (exact) mass is 300 g/mol. The molecule has 114 valence electrons. The molecule has 1 N–H and O–H groups in total. The Morgan fingerprint density at radius 2 is 2.05 bits per heavy atom. The number of amides is 1. The molecule has 0 saturated carbocycles. The summed E-state index contributed by atoms with van der Waals surface area (Å²) in [4.78, 5) is 27.7. The van der Waals surface area contributed by atoms with Crippen LogP contribution in [0.15, 0.2) is 35.3 Å². The van der Waals surface area contributed by atoms with E-state index in [1.807, 2.05) is 0 Å². The van der Waals surface area contributed by atoms with Gasteiger partial charge in [0.05, 0.1) is 6.61 Å². The minimum atomic E-state index is -0.584. The van der Waals surface area contributed by atoms with Gasteiger partial charge in [-0.3, -0.25) is 10.1 Å². The minimum absolute atomic E-state index is 0.0432. The van der Waals surface area contributed by atoms with Crippen molar-refractivity contribution >= 4 is 24.0 Å². The number of nitrogens with zero attached hydrogens (tertiary/aromatic N) is 1. The smallest absolute Gasteiger partial charge is 0.360 e. The van der Waals surface area contributed by atoms with Gasteiger partial charge in [0.2, 0.25) is 0 Å². The standard InChI is InChI=1S/C16H16N2O4/c1-4-11-6-8-12(9-7-11)14(19)18-16-17-13(10(3)22-16)15(20)21-5-2/h4,6-9H,1,5H2,2-3H3,(H,17,18,19). The second-order valence-electron chi connectivity index (χ2n) is 4.42. The van der Waals surface area contributed by atoms with Crippen LogP contribution in [0.3, 0.4) is 0 Å². The molecule has 0 aliphatic carbocycles. The lowest BCUT2D eigenvalue weighted by Crippen LogP contribution is -2.12. The van der Waals surface area contributed by atoms with Gasteiger partial charge in [0, 0.05) is 5.56 Å². The molecule has 0 aliphatic rings. The molecule has 0 radical (unpaired) electrons. The highest BCUT2D eigenvalue weighted by atomic mass is 16.5. The third kappa shape index (κ3) is 3.41. The van der Waals surface area contributed by atoms with Crippen LogP contribution < -0.4 is 5.32 Å². The lowest BCUT2D eigenvalue weighted by Gasteiger charge is -2.01. The fourth-order valence-corrected chi connectivity index (χ4v) is 1.78. The fraction of sp³-hybridized carbons (Fsp3) is 0.188. The molecule has 1 aromatic heterocycles. The molecule has 0 atom stereocenters. The molecule has 1 heterocycles. The average molecular weight is 300 g/mol. The number of carbonyl (C=O) groups excluding carboxylic acids is 2. The molecule has 2 rings (SSSR count). The summed E-state index contributed by atoms with van der Waals surface area (Å²) in [7, 11) is 0. The fourth-order valence-electron chi connectivity index (χ4n) is 1.78. The van der Waals surface area contributed by atoms with E-state index in [0.717, 1.165) is 5.56 Å². The first-order chi connectivity index (χ1) is 10.5. The van der Waals surface area contributed by atoms with Crippen molar-refractivity contribution in [1.82, 2.24) is 4.98 Å². The third-order valence-corrected chi connectivity index (χ3v) is 2.89. The van der Waals surface area contributed by atoms with Crippen LogP contribution in [0, 0.1) is 6.92 Å². The number of anilines is 1. The predicted molar refractivity (Wildman–Crippen MR) is 81.7 cm³/mol. The van der Waals surface area contributed by atoms with Crippen molar-refractivity contribution in [2.45, 2.75) is 13.8 Å². The summed E-state index contributed by atoms with van der Waals surface area (Å²) in [5.74, 6) is -0.678. The number of benzene rings is 1. The highest BCUT2D eigenvalue weighted by Crippen LogP contribution is 2.16. The van der Waals surface area contributed by atoms with Gasteiger partial charge in [0.25, 0.3) is 5.91 Å². The van der Waals surface area contributed by atoms with Gasteiger partial charge >= 0.3 is 12.0 Å². The van der Waals surface area contributed by atoms with Crippen LogP contribution in [0.2, 0.25) is 0 Å². The Morgan fingerprint density at radius 1 is 1.36 bits per heavy atom. The molecule has 1 amide bonds. The maximum absolute atomic E-state index is 12.1. The molecule has 0 unspecified atom stereocenters. The van der Waals surface area contributed by atoms with Crippen molar-refractivity contribution in [2.24, 2.45) is 0 Å². The summed E-state index contributed by atoms with van der Waals surface area (Å²) in [6.07, 6.45) is 1.69. The van der Waals surface area contributed by atoms with Crippen LogP contribution in [0.4, 0.5) is 6.01 Å². The van der Waals surface area contributed by atoms with Crippen LogP contribution in [0.1, 0.15) is 39.1 Å². The first kappa shape index (κ1) is 15.5. The van der Waals surface area contributed by atoms with Gasteiger partial charge in [-0.1, -0.05) is 24.8 Å². The van der Waals surface area contributed by atoms with E-state index in [2.05, 4.69) is 16.9 Å². The number of nitrogens with one attached hydrogen (secondary N) is 1. The maximum atomic E-state index is 12.1. The number of aryl methyl sites for hydroxylation is 1. The lowest BCUT2D eigenvalue weighted by molar-refractivity contribution is 0.0518. The molecule has 1 aromatic carbocycles. The molecule has 0 spiro atoms. The molecule has 0 bridgehead atoms. The number of oxazole rings is 1. The molecular formula is C16H16N2O4. The van der Waals surface area contributed by atoms with Gasteiger partial charge in [-0.05, 0) is 31.5 Å². The van der Waals surface area contributed by atoms with E-state index in [1.165, 1.54) is 0 Å².